The first-order chi connectivity index (χ1) is 7.77. The van der Waals surface area contributed by atoms with Crippen LogP contribution in [0.1, 0.15) is 19.4 Å². The summed E-state index contributed by atoms with van der Waals surface area (Å²) >= 11 is 0. The van der Waals surface area contributed by atoms with E-state index in [1.54, 1.807) is 6.92 Å². The van der Waals surface area contributed by atoms with Crippen LogP contribution in [0.5, 0.6) is 0 Å². The summed E-state index contributed by atoms with van der Waals surface area (Å²) in [7, 11) is 0. The number of carbonyl (C=O) groups excluding carboxylic acids is 1. The molecule has 0 N–H and O–H groups in total. The van der Waals surface area contributed by atoms with Gasteiger partial charge in [-0.05, 0) is 25.0 Å². The second kappa shape index (κ2) is 6.62. The van der Waals surface area contributed by atoms with E-state index in [2.05, 4.69) is 0 Å². The maximum Gasteiger partial charge on any atom is 0.331 e. The highest BCUT2D eigenvalue weighted by atomic mass is 16.5. The topological polar surface area (TPSA) is 26.3 Å². The van der Waals surface area contributed by atoms with Gasteiger partial charge in [-0.2, -0.15) is 0 Å². The Balaban J connectivity index is 2.96. The minimum atomic E-state index is -0.306. The summed E-state index contributed by atoms with van der Waals surface area (Å²) in [6.07, 6.45) is 5.31. The van der Waals surface area contributed by atoms with Crippen molar-refractivity contribution in [2.75, 3.05) is 6.61 Å². The van der Waals surface area contributed by atoms with Crippen LogP contribution in [0.15, 0.2) is 48.6 Å². The van der Waals surface area contributed by atoms with Gasteiger partial charge in [0.15, 0.2) is 0 Å². The van der Waals surface area contributed by atoms with E-state index in [4.69, 9.17) is 4.74 Å². The van der Waals surface area contributed by atoms with Gasteiger partial charge in [-0.25, -0.2) is 4.79 Å². The summed E-state index contributed by atoms with van der Waals surface area (Å²) in [4.78, 5) is 11.4. The van der Waals surface area contributed by atoms with Crippen LogP contribution in [0.2, 0.25) is 0 Å². The van der Waals surface area contributed by atoms with Crippen LogP contribution in [0.25, 0.3) is 5.57 Å². The molecule has 0 heterocycles. The van der Waals surface area contributed by atoms with Gasteiger partial charge in [-0.15, -0.1) is 0 Å². The minimum Gasteiger partial charge on any atom is -0.463 e. The number of hydrogen-bond acceptors (Lipinski definition) is 2. The number of esters is 1. The molecule has 1 aromatic rings. The predicted molar refractivity (Wildman–Crippen MR) is 65.9 cm³/mol. The molecule has 0 saturated heterocycles. The Morgan fingerprint density at radius 1 is 1.31 bits per heavy atom. The van der Waals surface area contributed by atoms with E-state index in [1.807, 2.05) is 49.4 Å². The molecule has 1 rings (SSSR count). The molecule has 0 atom stereocenters. The van der Waals surface area contributed by atoms with Crippen LogP contribution in [-0.4, -0.2) is 12.6 Å². The molecule has 2 heteroatoms. The lowest BCUT2D eigenvalue weighted by Gasteiger charge is -2.02. The van der Waals surface area contributed by atoms with Crippen molar-refractivity contribution >= 4 is 11.5 Å². The van der Waals surface area contributed by atoms with E-state index in [0.29, 0.717) is 6.61 Å². The van der Waals surface area contributed by atoms with Crippen molar-refractivity contribution in [1.82, 2.24) is 0 Å². The molecule has 0 unspecified atom stereocenters. The normalized spacial score (nSPS) is 11.8. The molecule has 0 saturated carbocycles. The Labute approximate surface area is 96.2 Å². The Morgan fingerprint density at radius 2 is 2.00 bits per heavy atom. The summed E-state index contributed by atoms with van der Waals surface area (Å²) in [5.74, 6) is -0.306. The molecule has 0 fully saturated rings. The number of ether oxygens (including phenoxy) is 1. The first-order valence-corrected chi connectivity index (χ1v) is 5.34. The maximum atomic E-state index is 11.4. The first-order valence-electron chi connectivity index (χ1n) is 5.34. The Hall–Kier alpha value is -1.83. The number of carbonyl (C=O) groups is 1. The SMILES string of the molecule is CC=CC(=CC(=O)OCC)c1ccccc1. The molecule has 1 aromatic carbocycles. The van der Waals surface area contributed by atoms with Crippen molar-refractivity contribution in [2.24, 2.45) is 0 Å². The molecule has 0 radical (unpaired) electrons. The molecule has 0 bridgehead atoms. The molecule has 16 heavy (non-hydrogen) atoms. The van der Waals surface area contributed by atoms with Crippen LogP contribution in [-0.2, 0) is 9.53 Å². The third-order valence-electron chi connectivity index (χ3n) is 2.01. The van der Waals surface area contributed by atoms with E-state index in [9.17, 15) is 4.79 Å². The highest BCUT2D eigenvalue weighted by molar-refractivity contribution is 5.94. The summed E-state index contributed by atoms with van der Waals surface area (Å²) in [5.41, 5.74) is 1.87. The molecular formula is C14H16O2. The lowest BCUT2D eigenvalue weighted by atomic mass is 10.1. The van der Waals surface area contributed by atoms with Crippen LogP contribution < -0.4 is 0 Å². The second-order valence-corrected chi connectivity index (χ2v) is 3.22. The predicted octanol–water partition coefficient (Wildman–Crippen LogP) is 3.21. The third kappa shape index (κ3) is 3.73. The van der Waals surface area contributed by atoms with Crippen LogP contribution in [0.4, 0.5) is 0 Å². The fraction of sp³-hybridized carbons (Fsp3) is 0.214. The van der Waals surface area contributed by atoms with Crippen LogP contribution in [0, 0.1) is 0 Å². The van der Waals surface area contributed by atoms with E-state index in [-0.39, 0.29) is 5.97 Å². The average molecular weight is 216 g/mol. The Morgan fingerprint density at radius 3 is 2.56 bits per heavy atom. The molecule has 0 aliphatic carbocycles. The van der Waals surface area contributed by atoms with Crippen molar-refractivity contribution in [1.29, 1.82) is 0 Å². The molecule has 0 aromatic heterocycles. The fourth-order valence-electron chi connectivity index (χ4n) is 1.35. The van der Waals surface area contributed by atoms with Gasteiger partial charge in [-0.1, -0.05) is 42.5 Å². The van der Waals surface area contributed by atoms with Gasteiger partial charge < -0.3 is 4.74 Å². The highest BCUT2D eigenvalue weighted by Crippen LogP contribution is 2.15. The molecule has 2 nitrogen and oxygen atoms in total. The molecule has 0 spiro atoms. The minimum absolute atomic E-state index is 0.306. The van der Waals surface area contributed by atoms with Crippen molar-refractivity contribution in [3.63, 3.8) is 0 Å². The number of allylic oxidation sites excluding steroid dienone is 3. The van der Waals surface area contributed by atoms with Crippen molar-refractivity contribution in [2.45, 2.75) is 13.8 Å². The van der Waals surface area contributed by atoms with Gasteiger partial charge in [0.1, 0.15) is 0 Å². The van der Waals surface area contributed by atoms with Gasteiger partial charge in [0.25, 0.3) is 0 Å². The first kappa shape index (κ1) is 12.2. The standard InChI is InChI=1S/C14H16O2/c1-3-8-13(11-14(15)16-4-2)12-9-6-5-7-10-12/h3,5-11H,4H2,1-2H3. The summed E-state index contributed by atoms with van der Waals surface area (Å²) in [6.45, 7) is 4.11. The van der Waals surface area contributed by atoms with E-state index >= 15 is 0 Å². The zero-order valence-electron chi connectivity index (χ0n) is 9.64. The van der Waals surface area contributed by atoms with Crippen molar-refractivity contribution < 1.29 is 9.53 Å². The Bertz CT molecular complexity index is 388. The lowest BCUT2D eigenvalue weighted by Crippen LogP contribution is -2.00. The quantitative estimate of drug-likeness (QED) is 0.439. The average Bonchev–Trinajstić information content (AvgIpc) is 2.30. The van der Waals surface area contributed by atoms with Gasteiger partial charge in [0, 0.05) is 6.08 Å². The van der Waals surface area contributed by atoms with Crippen LogP contribution >= 0.6 is 0 Å². The maximum absolute atomic E-state index is 11.4. The largest absolute Gasteiger partial charge is 0.463 e. The second-order valence-electron chi connectivity index (χ2n) is 3.22. The number of rotatable bonds is 4. The molecule has 0 aliphatic rings. The van der Waals surface area contributed by atoms with E-state index < -0.39 is 0 Å². The van der Waals surface area contributed by atoms with E-state index in [1.165, 1.54) is 6.08 Å². The fourth-order valence-corrected chi connectivity index (χ4v) is 1.35. The molecule has 84 valence electrons. The Kier molecular flexibility index (Phi) is 5.06. The van der Waals surface area contributed by atoms with Gasteiger partial charge in [0.05, 0.1) is 6.61 Å². The molecule has 0 amide bonds. The summed E-state index contributed by atoms with van der Waals surface area (Å²) in [6, 6.07) is 9.76. The third-order valence-corrected chi connectivity index (χ3v) is 2.01. The van der Waals surface area contributed by atoms with Gasteiger partial charge in [0.2, 0.25) is 0 Å². The van der Waals surface area contributed by atoms with Crippen molar-refractivity contribution in [3.8, 4) is 0 Å². The highest BCUT2D eigenvalue weighted by Gasteiger charge is 2.01. The number of benzene rings is 1. The zero-order valence-corrected chi connectivity index (χ0v) is 9.64. The van der Waals surface area contributed by atoms with Crippen LogP contribution in [0.3, 0.4) is 0 Å². The monoisotopic (exact) mass is 216 g/mol. The van der Waals surface area contributed by atoms with Crippen molar-refractivity contribution in [3.05, 3.63) is 54.1 Å². The molecule has 0 aliphatic heterocycles. The summed E-state index contributed by atoms with van der Waals surface area (Å²) in [5, 5.41) is 0. The van der Waals surface area contributed by atoms with Gasteiger partial charge >= 0.3 is 5.97 Å². The van der Waals surface area contributed by atoms with E-state index in [0.717, 1.165) is 11.1 Å². The van der Waals surface area contributed by atoms with Gasteiger partial charge in [-0.3, -0.25) is 0 Å². The molecular weight excluding hydrogens is 200 g/mol. The summed E-state index contributed by atoms with van der Waals surface area (Å²) < 4.78 is 4.89. The smallest absolute Gasteiger partial charge is 0.331 e. The lowest BCUT2D eigenvalue weighted by molar-refractivity contribution is -0.137. The zero-order chi connectivity index (χ0) is 11.8. The number of hydrogen-bond donors (Lipinski definition) is 0.